The molecule has 0 saturated heterocycles. The van der Waals surface area contributed by atoms with Gasteiger partial charge in [0.25, 0.3) is 0 Å². The average molecular weight is 274 g/mol. The Bertz CT molecular complexity index is 510. The van der Waals surface area contributed by atoms with Crippen LogP contribution in [0.2, 0.25) is 0 Å². The zero-order chi connectivity index (χ0) is 14.4. The van der Waals surface area contributed by atoms with Gasteiger partial charge in [-0.1, -0.05) is 32.0 Å². The molecule has 1 N–H and O–H groups in total. The Labute approximate surface area is 120 Å². The summed E-state index contributed by atoms with van der Waals surface area (Å²) in [5.74, 6) is 0.616. The minimum atomic E-state index is 0.410. The highest BCUT2D eigenvalue weighted by Gasteiger charge is 2.06. The van der Waals surface area contributed by atoms with Crippen molar-refractivity contribution in [2.24, 2.45) is 5.92 Å². The van der Waals surface area contributed by atoms with Crippen molar-refractivity contribution in [1.82, 2.24) is 20.1 Å². The number of nitrogens with zero attached hydrogens (tertiary/aromatic N) is 3. The molecule has 0 fully saturated rings. The maximum absolute atomic E-state index is 5.53. The minimum Gasteiger partial charge on any atom is -0.461 e. The summed E-state index contributed by atoms with van der Waals surface area (Å²) < 4.78 is 7.24. The van der Waals surface area contributed by atoms with Crippen LogP contribution in [-0.2, 0) is 0 Å². The fourth-order valence-corrected chi connectivity index (χ4v) is 1.68. The van der Waals surface area contributed by atoms with Crippen LogP contribution in [0.5, 0.6) is 6.01 Å². The SMILES string of the molecule is CC(C)C(C)NCCOc1ncn(-c2ccccc2)n1. The first kappa shape index (κ1) is 14.5. The van der Waals surface area contributed by atoms with E-state index < -0.39 is 0 Å². The van der Waals surface area contributed by atoms with Crippen molar-refractivity contribution < 1.29 is 4.74 Å². The summed E-state index contributed by atoms with van der Waals surface area (Å²) >= 11 is 0. The normalized spacial score (nSPS) is 12.6. The van der Waals surface area contributed by atoms with Crippen molar-refractivity contribution in [2.45, 2.75) is 26.8 Å². The highest BCUT2D eigenvalue weighted by molar-refractivity contribution is 5.29. The summed E-state index contributed by atoms with van der Waals surface area (Å²) in [5.41, 5.74) is 0.974. The van der Waals surface area contributed by atoms with Crippen LogP contribution in [0.4, 0.5) is 0 Å². The van der Waals surface area contributed by atoms with Gasteiger partial charge in [0, 0.05) is 12.6 Å². The maximum Gasteiger partial charge on any atom is 0.335 e. The van der Waals surface area contributed by atoms with E-state index in [0.717, 1.165) is 12.2 Å². The molecule has 1 unspecified atom stereocenters. The van der Waals surface area contributed by atoms with E-state index in [0.29, 0.717) is 24.6 Å². The summed E-state index contributed by atoms with van der Waals surface area (Å²) in [5, 5.41) is 7.69. The van der Waals surface area contributed by atoms with Gasteiger partial charge in [-0.25, -0.2) is 4.68 Å². The van der Waals surface area contributed by atoms with Gasteiger partial charge in [0.1, 0.15) is 12.9 Å². The predicted octanol–water partition coefficient (Wildman–Crippen LogP) is 2.28. The van der Waals surface area contributed by atoms with E-state index in [1.807, 2.05) is 30.3 Å². The van der Waals surface area contributed by atoms with Crippen LogP contribution in [0, 0.1) is 5.92 Å². The van der Waals surface area contributed by atoms with Crippen LogP contribution in [0.1, 0.15) is 20.8 Å². The lowest BCUT2D eigenvalue weighted by Crippen LogP contribution is -2.34. The molecule has 0 saturated carbocycles. The molecule has 0 amide bonds. The van der Waals surface area contributed by atoms with Crippen molar-refractivity contribution in [3.05, 3.63) is 36.7 Å². The Morgan fingerprint density at radius 2 is 1.95 bits per heavy atom. The number of hydrogen-bond donors (Lipinski definition) is 1. The summed E-state index contributed by atoms with van der Waals surface area (Å²) in [6, 6.07) is 10.7. The standard InChI is InChI=1S/C15H22N4O/c1-12(2)13(3)16-9-10-20-15-17-11-19(18-15)14-7-5-4-6-8-14/h4-8,11-13,16H,9-10H2,1-3H3. The number of ether oxygens (including phenoxy) is 1. The molecular weight excluding hydrogens is 252 g/mol. The lowest BCUT2D eigenvalue weighted by Gasteiger charge is -2.16. The monoisotopic (exact) mass is 274 g/mol. The Morgan fingerprint density at radius 3 is 2.65 bits per heavy atom. The van der Waals surface area contributed by atoms with Crippen LogP contribution in [0.15, 0.2) is 36.7 Å². The predicted molar refractivity (Wildman–Crippen MR) is 79.2 cm³/mol. The van der Waals surface area contributed by atoms with E-state index in [1.54, 1.807) is 11.0 Å². The molecule has 0 spiro atoms. The first-order valence-electron chi connectivity index (χ1n) is 7.00. The van der Waals surface area contributed by atoms with Crippen molar-refractivity contribution in [2.75, 3.05) is 13.2 Å². The molecular formula is C15H22N4O. The second-order valence-electron chi connectivity index (χ2n) is 5.14. The average Bonchev–Trinajstić information content (AvgIpc) is 2.93. The lowest BCUT2D eigenvalue weighted by atomic mass is 10.1. The Balaban J connectivity index is 1.79. The van der Waals surface area contributed by atoms with Gasteiger partial charge in [-0.05, 0) is 25.0 Å². The first-order chi connectivity index (χ1) is 9.66. The second kappa shape index (κ2) is 7.05. The topological polar surface area (TPSA) is 52.0 Å². The van der Waals surface area contributed by atoms with Gasteiger partial charge in [0.2, 0.25) is 0 Å². The molecule has 0 radical (unpaired) electrons. The molecule has 108 valence electrons. The Kier molecular flexibility index (Phi) is 5.12. The Hall–Kier alpha value is -1.88. The number of nitrogens with one attached hydrogen (secondary N) is 1. The summed E-state index contributed by atoms with van der Waals surface area (Å²) in [7, 11) is 0. The van der Waals surface area contributed by atoms with Crippen LogP contribution in [0.3, 0.4) is 0 Å². The van der Waals surface area contributed by atoms with Crippen LogP contribution in [0.25, 0.3) is 5.69 Å². The molecule has 0 bridgehead atoms. The molecule has 0 aliphatic heterocycles. The molecule has 20 heavy (non-hydrogen) atoms. The molecule has 1 heterocycles. The van der Waals surface area contributed by atoms with Crippen molar-refractivity contribution in [1.29, 1.82) is 0 Å². The van der Waals surface area contributed by atoms with E-state index in [-0.39, 0.29) is 0 Å². The zero-order valence-corrected chi connectivity index (χ0v) is 12.3. The van der Waals surface area contributed by atoms with Crippen LogP contribution >= 0.6 is 0 Å². The zero-order valence-electron chi connectivity index (χ0n) is 12.3. The smallest absolute Gasteiger partial charge is 0.335 e. The third kappa shape index (κ3) is 4.06. The number of aromatic nitrogens is 3. The highest BCUT2D eigenvalue weighted by atomic mass is 16.5. The van der Waals surface area contributed by atoms with Gasteiger partial charge >= 0.3 is 6.01 Å². The molecule has 0 aliphatic rings. The quantitative estimate of drug-likeness (QED) is 0.787. The van der Waals surface area contributed by atoms with Crippen molar-refractivity contribution in [3.8, 4) is 11.7 Å². The van der Waals surface area contributed by atoms with Gasteiger partial charge in [-0.2, -0.15) is 4.98 Å². The summed E-state index contributed by atoms with van der Waals surface area (Å²) in [6.45, 7) is 7.92. The van der Waals surface area contributed by atoms with Crippen molar-refractivity contribution >= 4 is 0 Å². The van der Waals surface area contributed by atoms with E-state index in [4.69, 9.17) is 4.74 Å². The lowest BCUT2D eigenvalue weighted by molar-refractivity contribution is 0.277. The van der Waals surface area contributed by atoms with E-state index in [1.165, 1.54) is 0 Å². The number of para-hydroxylation sites is 1. The largest absolute Gasteiger partial charge is 0.461 e. The minimum absolute atomic E-state index is 0.410. The summed E-state index contributed by atoms with van der Waals surface area (Å²) in [4.78, 5) is 4.15. The molecule has 1 aromatic heterocycles. The van der Waals surface area contributed by atoms with Gasteiger partial charge in [-0.3, -0.25) is 0 Å². The molecule has 2 aromatic rings. The molecule has 2 rings (SSSR count). The second-order valence-corrected chi connectivity index (χ2v) is 5.14. The van der Waals surface area contributed by atoms with E-state index in [9.17, 15) is 0 Å². The molecule has 0 aliphatic carbocycles. The Morgan fingerprint density at radius 1 is 1.20 bits per heavy atom. The van der Waals surface area contributed by atoms with Gasteiger partial charge in [0.15, 0.2) is 0 Å². The fraction of sp³-hybridized carbons (Fsp3) is 0.467. The maximum atomic E-state index is 5.53. The molecule has 5 nitrogen and oxygen atoms in total. The molecule has 1 aromatic carbocycles. The van der Waals surface area contributed by atoms with Crippen LogP contribution in [-0.4, -0.2) is 34.0 Å². The molecule has 5 heteroatoms. The van der Waals surface area contributed by atoms with Crippen LogP contribution < -0.4 is 10.1 Å². The third-order valence-electron chi connectivity index (χ3n) is 3.29. The summed E-state index contributed by atoms with van der Waals surface area (Å²) in [6.07, 6.45) is 1.66. The first-order valence-corrected chi connectivity index (χ1v) is 7.00. The van der Waals surface area contributed by atoms with E-state index >= 15 is 0 Å². The van der Waals surface area contributed by atoms with Gasteiger partial charge in [0.05, 0.1) is 5.69 Å². The third-order valence-corrected chi connectivity index (χ3v) is 3.29. The fourth-order valence-electron chi connectivity index (χ4n) is 1.68. The highest BCUT2D eigenvalue weighted by Crippen LogP contribution is 2.08. The van der Waals surface area contributed by atoms with E-state index in [2.05, 4.69) is 36.2 Å². The number of rotatable bonds is 7. The number of hydrogen-bond acceptors (Lipinski definition) is 4. The van der Waals surface area contributed by atoms with Crippen molar-refractivity contribution in [3.63, 3.8) is 0 Å². The molecule has 1 atom stereocenters. The van der Waals surface area contributed by atoms with Gasteiger partial charge in [-0.15, -0.1) is 5.10 Å². The van der Waals surface area contributed by atoms with Gasteiger partial charge < -0.3 is 10.1 Å². The number of benzene rings is 1.